The van der Waals surface area contributed by atoms with Gasteiger partial charge in [0, 0.05) is 62.8 Å². The highest BCUT2D eigenvalue weighted by Crippen LogP contribution is 2.38. The van der Waals surface area contributed by atoms with Crippen LogP contribution in [-0.4, -0.2) is 58.3 Å². The molecule has 10 heteroatoms. The summed E-state index contributed by atoms with van der Waals surface area (Å²) in [7, 11) is 2.11. The molecule has 4 N–H and O–H groups in total. The average Bonchev–Trinajstić information content (AvgIpc) is 3.15. The standard InChI is InChI=1S/C39H46N4O6/c1-43(23-21-33-9-6-7-22-40-33)26-34-24-36(30-15-13-28(27-44)14-16-30)49-39(48-34)31-19-17-29(18-20-31)35-10-3-2-8-32(35)25-41-37(45)11-4-5-12-38(46)42-47/h2-3,6-10,13-20,22,34,36,39,44,47H,4-5,11-12,21,23-27H2,1H3,(H,41,45)(H,42,46). The van der Waals surface area contributed by atoms with Crippen LogP contribution in [0.4, 0.5) is 0 Å². The third kappa shape index (κ3) is 10.8. The second-order valence-electron chi connectivity index (χ2n) is 12.5. The maximum absolute atomic E-state index is 12.4. The van der Waals surface area contributed by atoms with Crippen molar-refractivity contribution in [1.29, 1.82) is 0 Å². The number of carbonyl (C=O) groups excluding carboxylic acids is 2. The van der Waals surface area contributed by atoms with Gasteiger partial charge in [0.15, 0.2) is 6.29 Å². The Bertz CT molecular complexity index is 1620. The van der Waals surface area contributed by atoms with Crippen molar-refractivity contribution in [2.75, 3.05) is 20.1 Å². The van der Waals surface area contributed by atoms with Gasteiger partial charge in [-0.05, 0) is 59.8 Å². The Hall–Kier alpha value is -4.45. The van der Waals surface area contributed by atoms with E-state index >= 15 is 0 Å². The van der Waals surface area contributed by atoms with E-state index in [0.717, 1.165) is 58.6 Å². The summed E-state index contributed by atoms with van der Waals surface area (Å²) in [6.45, 7) is 1.98. The van der Waals surface area contributed by atoms with Gasteiger partial charge in [0.25, 0.3) is 0 Å². The monoisotopic (exact) mass is 666 g/mol. The van der Waals surface area contributed by atoms with Gasteiger partial charge in [0.2, 0.25) is 11.8 Å². The minimum absolute atomic E-state index is 0.00350. The van der Waals surface area contributed by atoms with Crippen molar-refractivity contribution in [3.63, 3.8) is 0 Å². The summed E-state index contributed by atoms with van der Waals surface area (Å²) in [5.41, 5.74) is 8.53. The fourth-order valence-corrected chi connectivity index (χ4v) is 6.01. The van der Waals surface area contributed by atoms with E-state index in [0.29, 0.717) is 32.2 Å². The van der Waals surface area contributed by atoms with Crippen LogP contribution in [0.15, 0.2) is 97.2 Å². The van der Waals surface area contributed by atoms with E-state index < -0.39 is 12.2 Å². The third-order valence-electron chi connectivity index (χ3n) is 8.78. The Morgan fingerprint density at radius 2 is 1.59 bits per heavy atom. The van der Waals surface area contributed by atoms with Crippen LogP contribution < -0.4 is 10.8 Å². The summed E-state index contributed by atoms with van der Waals surface area (Å²) in [5, 5.41) is 21.1. The SMILES string of the molecule is CN(CCc1ccccn1)CC1CC(c2ccc(CO)cc2)OC(c2ccc(-c3ccccc3CNC(=O)CCCCC(=O)NO)cc2)O1. The largest absolute Gasteiger partial charge is 0.392 e. The highest BCUT2D eigenvalue weighted by molar-refractivity contribution is 5.77. The number of carbonyl (C=O) groups is 2. The maximum atomic E-state index is 12.4. The number of ether oxygens (including phenoxy) is 2. The Labute approximate surface area is 288 Å². The predicted octanol–water partition coefficient (Wildman–Crippen LogP) is 5.64. The van der Waals surface area contributed by atoms with Gasteiger partial charge >= 0.3 is 0 Å². The summed E-state index contributed by atoms with van der Waals surface area (Å²) in [4.78, 5) is 30.4. The number of hydrogen-bond donors (Lipinski definition) is 4. The number of aromatic nitrogens is 1. The topological polar surface area (TPSA) is 133 Å². The molecule has 3 atom stereocenters. The number of amides is 2. The lowest BCUT2D eigenvalue weighted by Gasteiger charge is -2.38. The number of nitrogens with one attached hydrogen (secondary N) is 2. The van der Waals surface area contributed by atoms with Gasteiger partial charge in [0.05, 0.1) is 18.8 Å². The molecule has 10 nitrogen and oxygen atoms in total. The first-order valence-electron chi connectivity index (χ1n) is 16.9. The number of aliphatic hydroxyl groups is 1. The van der Waals surface area contributed by atoms with Crippen molar-refractivity contribution in [2.24, 2.45) is 0 Å². The van der Waals surface area contributed by atoms with Crippen LogP contribution in [0.2, 0.25) is 0 Å². The summed E-state index contributed by atoms with van der Waals surface area (Å²) in [6, 6.07) is 30.1. The first kappa shape index (κ1) is 35.8. The Kier molecular flexibility index (Phi) is 13.4. The molecular weight excluding hydrogens is 620 g/mol. The van der Waals surface area contributed by atoms with Gasteiger partial charge in [-0.1, -0.05) is 78.9 Å². The molecular formula is C39H46N4O6. The molecule has 258 valence electrons. The van der Waals surface area contributed by atoms with E-state index in [1.807, 2.05) is 85.1 Å². The molecule has 3 aromatic carbocycles. The highest BCUT2D eigenvalue weighted by Gasteiger charge is 2.32. The van der Waals surface area contributed by atoms with Crippen LogP contribution in [-0.2, 0) is 38.6 Å². The zero-order valence-electron chi connectivity index (χ0n) is 28.0. The molecule has 0 radical (unpaired) electrons. The average molecular weight is 667 g/mol. The molecule has 49 heavy (non-hydrogen) atoms. The number of hydrogen-bond acceptors (Lipinski definition) is 8. The number of pyridine rings is 1. The van der Waals surface area contributed by atoms with Gasteiger partial charge in [0.1, 0.15) is 0 Å². The van der Waals surface area contributed by atoms with Gasteiger partial charge in [-0.3, -0.25) is 19.8 Å². The lowest BCUT2D eigenvalue weighted by Crippen LogP contribution is -2.38. The molecule has 2 heterocycles. The first-order chi connectivity index (χ1) is 23.9. The second kappa shape index (κ2) is 18.4. The maximum Gasteiger partial charge on any atom is 0.243 e. The zero-order chi connectivity index (χ0) is 34.4. The smallest absolute Gasteiger partial charge is 0.243 e. The minimum Gasteiger partial charge on any atom is -0.392 e. The molecule has 0 bridgehead atoms. The highest BCUT2D eigenvalue weighted by atomic mass is 16.7. The van der Waals surface area contributed by atoms with Crippen molar-refractivity contribution in [1.82, 2.24) is 20.7 Å². The van der Waals surface area contributed by atoms with E-state index in [2.05, 4.69) is 34.4 Å². The molecule has 1 fully saturated rings. The molecule has 4 aromatic rings. The summed E-state index contributed by atoms with van der Waals surface area (Å²) in [5.74, 6) is -0.533. The number of hydroxylamine groups is 1. The van der Waals surface area contributed by atoms with Crippen molar-refractivity contribution in [3.05, 3.63) is 125 Å². The van der Waals surface area contributed by atoms with Crippen molar-refractivity contribution in [3.8, 4) is 11.1 Å². The number of unbranched alkanes of at least 4 members (excludes halogenated alkanes) is 1. The quantitative estimate of drug-likeness (QED) is 0.0686. The van der Waals surface area contributed by atoms with Crippen LogP contribution in [0.5, 0.6) is 0 Å². The Balaban J connectivity index is 1.24. The van der Waals surface area contributed by atoms with Crippen LogP contribution in [0.3, 0.4) is 0 Å². The molecule has 2 amide bonds. The van der Waals surface area contributed by atoms with E-state index in [9.17, 15) is 14.7 Å². The number of benzene rings is 3. The lowest BCUT2D eigenvalue weighted by atomic mass is 9.97. The number of rotatable bonds is 16. The molecule has 1 aliphatic rings. The van der Waals surface area contributed by atoms with Crippen LogP contribution >= 0.6 is 0 Å². The Morgan fingerprint density at radius 1 is 0.878 bits per heavy atom. The van der Waals surface area contributed by atoms with Crippen LogP contribution in [0, 0.1) is 0 Å². The van der Waals surface area contributed by atoms with Gasteiger partial charge in [-0.2, -0.15) is 0 Å². The summed E-state index contributed by atoms with van der Waals surface area (Å²) >= 11 is 0. The fraction of sp³-hybridized carbons (Fsp3) is 0.359. The molecule has 0 spiro atoms. The molecule has 5 rings (SSSR count). The second-order valence-corrected chi connectivity index (χ2v) is 12.5. The first-order valence-corrected chi connectivity index (χ1v) is 16.9. The summed E-state index contributed by atoms with van der Waals surface area (Å²) in [6.07, 6.45) is 4.17. The molecule has 1 aromatic heterocycles. The van der Waals surface area contributed by atoms with Gasteiger partial charge < -0.3 is 24.8 Å². The molecule has 3 unspecified atom stereocenters. The number of nitrogens with zero attached hydrogens (tertiary/aromatic N) is 2. The number of aliphatic hydroxyl groups excluding tert-OH is 1. The summed E-state index contributed by atoms with van der Waals surface area (Å²) < 4.78 is 13.2. The van der Waals surface area contributed by atoms with Crippen molar-refractivity contribution >= 4 is 11.8 Å². The van der Waals surface area contributed by atoms with Crippen molar-refractivity contribution in [2.45, 2.75) is 70.2 Å². The predicted molar refractivity (Wildman–Crippen MR) is 186 cm³/mol. The molecule has 0 saturated carbocycles. The lowest BCUT2D eigenvalue weighted by molar-refractivity contribution is -0.252. The fourth-order valence-electron chi connectivity index (χ4n) is 6.01. The van der Waals surface area contributed by atoms with E-state index in [1.165, 1.54) is 0 Å². The van der Waals surface area contributed by atoms with Crippen LogP contribution in [0.1, 0.15) is 72.4 Å². The third-order valence-corrected chi connectivity index (χ3v) is 8.78. The van der Waals surface area contributed by atoms with E-state index in [4.69, 9.17) is 14.7 Å². The van der Waals surface area contributed by atoms with E-state index in [-0.39, 0.29) is 31.1 Å². The number of likely N-dealkylation sites (N-methyl/N-ethyl adjacent to an activating group) is 1. The zero-order valence-corrected chi connectivity index (χ0v) is 28.0. The Morgan fingerprint density at radius 3 is 2.31 bits per heavy atom. The molecule has 0 aliphatic carbocycles. The van der Waals surface area contributed by atoms with Crippen molar-refractivity contribution < 1.29 is 29.4 Å². The van der Waals surface area contributed by atoms with Crippen LogP contribution in [0.25, 0.3) is 11.1 Å². The minimum atomic E-state index is -0.558. The van der Waals surface area contributed by atoms with Gasteiger partial charge in [-0.15, -0.1) is 0 Å². The molecule has 1 saturated heterocycles. The normalized spacial score (nSPS) is 17.5. The van der Waals surface area contributed by atoms with E-state index in [1.54, 1.807) is 5.48 Å². The molecule has 1 aliphatic heterocycles. The van der Waals surface area contributed by atoms with Gasteiger partial charge in [-0.25, -0.2) is 5.48 Å².